The highest BCUT2D eigenvalue weighted by Gasteiger charge is 2.39. The molecule has 1 aromatic rings. The van der Waals surface area contributed by atoms with Gasteiger partial charge in [-0.05, 0) is 31.4 Å². The lowest BCUT2D eigenvalue weighted by atomic mass is 9.77. The van der Waals surface area contributed by atoms with Gasteiger partial charge in [0.25, 0.3) is 0 Å². The van der Waals surface area contributed by atoms with Gasteiger partial charge in [0.15, 0.2) is 0 Å². The summed E-state index contributed by atoms with van der Waals surface area (Å²) in [6.07, 6.45) is 7.36. The number of nitrogens with zero attached hydrogens (tertiary/aromatic N) is 1. The molecule has 0 bridgehead atoms. The van der Waals surface area contributed by atoms with Crippen molar-refractivity contribution < 1.29 is 4.74 Å². The molecule has 18 heavy (non-hydrogen) atoms. The topological polar surface area (TPSA) is 74.2 Å². The summed E-state index contributed by atoms with van der Waals surface area (Å²) in [5.74, 6) is 0.523. The van der Waals surface area contributed by atoms with E-state index in [-0.39, 0.29) is 11.6 Å². The van der Waals surface area contributed by atoms with Gasteiger partial charge >= 0.3 is 0 Å². The maximum absolute atomic E-state index is 6.44. The van der Waals surface area contributed by atoms with Crippen LogP contribution < -0.4 is 11.5 Å². The SMILES string of the molecule is COC1(C(N)c2cc(C)cnc2N)CCCCC1. The van der Waals surface area contributed by atoms with E-state index in [1.165, 1.54) is 19.3 Å². The molecule has 0 spiro atoms. The Bertz CT molecular complexity index is 414. The zero-order valence-electron chi connectivity index (χ0n) is 11.3. The molecule has 1 heterocycles. The molecule has 1 unspecified atom stereocenters. The van der Waals surface area contributed by atoms with Crippen molar-refractivity contribution in [2.45, 2.75) is 50.7 Å². The Morgan fingerprint density at radius 1 is 1.33 bits per heavy atom. The van der Waals surface area contributed by atoms with Crippen LogP contribution in [0.1, 0.15) is 49.3 Å². The molecule has 1 fully saturated rings. The summed E-state index contributed by atoms with van der Waals surface area (Å²) >= 11 is 0. The van der Waals surface area contributed by atoms with Crippen LogP contribution >= 0.6 is 0 Å². The highest BCUT2D eigenvalue weighted by Crippen LogP contribution is 2.40. The lowest BCUT2D eigenvalue weighted by Crippen LogP contribution is -2.45. The van der Waals surface area contributed by atoms with Gasteiger partial charge in [0.05, 0.1) is 11.6 Å². The van der Waals surface area contributed by atoms with E-state index < -0.39 is 0 Å². The van der Waals surface area contributed by atoms with Crippen molar-refractivity contribution in [3.05, 3.63) is 23.4 Å². The Labute approximate surface area is 109 Å². The second kappa shape index (κ2) is 5.24. The Hall–Kier alpha value is -1.13. The molecule has 1 aliphatic rings. The summed E-state index contributed by atoms with van der Waals surface area (Å²) < 4.78 is 5.78. The average Bonchev–Trinajstić information content (AvgIpc) is 2.41. The molecule has 1 aromatic heterocycles. The highest BCUT2D eigenvalue weighted by atomic mass is 16.5. The van der Waals surface area contributed by atoms with E-state index in [9.17, 15) is 0 Å². The molecular weight excluding hydrogens is 226 g/mol. The summed E-state index contributed by atoms with van der Waals surface area (Å²) in [7, 11) is 1.75. The van der Waals surface area contributed by atoms with Crippen molar-refractivity contribution >= 4 is 5.82 Å². The fourth-order valence-corrected chi connectivity index (χ4v) is 2.93. The lowest BCUT2D eigenvalue weighted by molar-refractivity contribution is -0.0594. The second-order valence-corrected chi connectivity index (χ2v) is 5.29. The Kier molecular flexibility index (Phi) is 3.88. The molecular formula is C14H23N3O. The molecule has 4 nitrogen and oxygen atoms in total. The van der Waals surface area contributed by atoms with E-state index >= 15 is 0 Å². The van der Waals surface area contributed by atoms with E-state index in [1.54, 1.807) is 13.3 Å². The van der Waals surface area contributed by atoms with Crippen LogP contribution in [0.2, 0.25) is 0 Å². The van der Waals surface area contributed by atoms with Crippen molar-refractivity contribution in [3.8, 4) is 0 Å². The van der Waals surface area contributed by atoms with Crippen LogP contribution in [0, 0.1) is 6.92 Å². The quantitative estimate of drug-likeness (QED) is 0.862. The monoisotopic (exact) mass is 249 g/mol. The molecule has 1 saturated carbocycles. The largest absolute Gasteiger partial charge is 0.383 e. The standard InChI is InChI=1S/C14H23N3O/c1-10-8-11(13(16)17-9-10)12(15)14(18-2)6-4-3-5-7-14/h8-9,12H,3-7,15H2,1-2H3,(H2,16,17). The zero-order chi connectivity index (χ0) is 13.2. The Morgan fingerprint density at radius 2 is 2.00 bits per heavy atom. The summed E-state index contributed by atoms with van der Waals surface area (Å²) in [4.78, 5) is 4.20. The first kappa shape index (κ1) is 13.3. The molecule has 4 heteroatoms. The number of anilines is 1. The predicted octanol–water partition coefficient (Wildman–Crippen LogP) is 2.32. The fourth-order valence-electron chi connectivity index (χ4n) is 2.93. The number of aromatic nitrogens is 1. The molecule has 1 atom stereocenters. The van der Waals surface area contributed by atoms with Crippen molar-refractivity contribution in [2.24, 2.45) is 5.73 Å². The summed E-state index contributed by atoms with van der Waals surface area (Å²) in [6, 6.07) is 1.83. The van der Waals surface area contributed by atoms with E-state index in [1.807, 2.05) is 13.0 Å². The van der Waals surface area contributed by atoms with Crippen LogP contribution in [0.5, 0.6) is 0 Å². The van der Waals surface area contributed by atoms with E-state index in [4.69, 9.17) is 16.2 Å². The number of aryl methyl sites for hydroxylation is 1. The van der Waals surface area contributed by atoms with Gasteiger partial charge in [-0.3, -0.25) is 0 Å². The molecule has 1 aliphatic carbocycles. The van der Waals surface area contributed by atoms with Gasteiger partial charge in [0.2, 0.25) is 0 Å². The number of ether oxygens (including phenoxy) is 1. The molecule has 0 aromatic carbocycles. The number of methoxy groups -OCH3 is 1. The third-order valence-corrected chi connectivity index (χ3v) is 4.09. The molecule has 0 aliphatic heterocycles. The first-order valence-electron chi connectivity index (χ1n) is 6.62. The smallest absolute Gasteiger partial charge is 0.128 e. The van der Waals surface area contributed by atoms with Crippen LogP contribution in [-0.2, 0) is 4.74 Å². The molecule has 2 rings (SSSR count). The van der Waals surface area contributed by atoms with E-state index in [0.717, 1.165) is 24.0 Å². The van der Waals surface area contributed by atoms with Gasteiger partial charge in [-0.15, -0.1) is 0 Å². The Balaban J connectivity index is 2.33. The molecule has 100 valence electrons. The highest BCUT2D eigenvalue weighted by molar-refractivity contribution is 5.44. The van der Waals surface area contributed by atoms with Crippen molar-refractivity contribution in [3.63, 3.8) is 0 Å². The minimum Gasteiger partial charge on any atom is -0.383 e. The van der Waals surface area contributed by atoms with Gasteiger partial charge in [-0.25, -0.2) is 4.98 Å². The zero-order valence-corrected chi connectivity index (χ0v) is 11.3. The van der Waals surface area contributed by atoms with Crippen LogP contribution in [0.15, 0.2) is 12.3 Å². The predicted molar refractivity (Wildman–Crippen MR) is 73.1 cm³/mol. The molecule has 0 saturated heterocycles. The lowest BCUT2D eigenvalue weighted by Gasteiger charge is -2.41. The minimum atomic E-state index is -0.276. The molecule has 0 amide bonds. The normalized spacial score (nSPS) is 20.6. The van der Waals surface area contributed by atoms with Crippen molar-refractivity contribution in [1.82, 2.24) is 4.98 Å². The van der Waals surface area contributed by atoms with Crippen LogP contribution in [0.4, 0.5) is 5.82 Å². The third-order valence-electron chi connectivity index (χ3n) is 4.09. The first-order valence-corrected chi connectivity index (χ1v) is 6.62. The molecule has 4 N–H and O–H groups in total. The first-order chi connectivity index (χ1) is 8.59. The summed E-state index contributed by atoms with van der Waals surface area (Å²) in [6.45, 7) is 2.00. The van der Waals surface area contributed by atoms with Crippen LogP contribution in [-0.4, -0.2) is 17.7 Å². The number of pyridine rings is 1. The van der Waals surface area contributed by atoms with Crippen LogP contribution in [0.25, 0.3) is 0 Å². The van der Waals surface area contributed by atoms with Gasteiger partial charge in [-0.1, -0.05) is 19.3 Å². The number of hydrogen-bond acceptors (Lipinski definition) is 4. The maximum atomic E-state index is 6.44. The number of rotatable bonds is 3. The van der Waals surface area contributed by atoms with Gasteiger partial charge in [-0.2, -0.15) is 0 Å². The number of nitrogens with two attached hydrogens (primary N) is 2. The van der Waals surface area contributed by atoms with Gasteiger partial charge in [0.1, 0.15) is 5.82 Å². The van der Waals surface area contributed by atoms with Crippen LogP contribution in [0.3, 0.4) is 0 Å². The number of nitrogen functional groups attached to an aromatic ring is 1. The fraction of sp³-hybridized carbons (Fsp3) is 0.643. The van der Waals surface area contributed by atoms with E-state index in [0.29, 0.717) is 5.82 Å². The third kappa shape index (κ3) is 2.35. The summed E-state index contributed by atoms with van der Waals surface area (Å²) in [5, 5.41) is 0. The van der Waals surface area contributed by atoms with Crippen molar-refractivity contribution in [2.75, 3.05) is 12.8 Å². The van der Waals surface area contributed by atoms with Gasteiger partial charge < -0.3 is 16.2 Å². The minimum absolute atomic E-state index is 0.199. The average molecular weight is 249 g/mol. The van der Waals surface area contributed by atoms with E-state index in [2.05, 4.69) is 4.98 Å². The van der Waals surface area contributed by atoms with Crippen molar-refractivity contribution in [1.29, 1.82) is 0 Å². The number of hydrogen-bond donors (Lipinski definition) is 2. The van der Waals surface area contributed by atoms with Gasteiger partial charge in [0, 0.05) is 18.9 Å². The Morgan fingerprint density at radius 3 is 2.61 bits per heavy atom. The summed E-state index contributed by atoms with van der Waals surface area (Å²) in [5.41, 5.74) is 14.1. The maximum Gasteiger partial charge on any atom is 0.128 e. The molecule has 0 radical (unpaired) electrons. The second-order valence-electron chi connectivity index (χ2n) is 5.29.